The first-order valence-corrected chi connectivity index (χ1v) is 5.63. The molecule has 18 heavy (non-hydrogen) atoms. The number of nitrogens with one attached hydrogen (secondary N) is 1. The van der Waals surface area contributed by atoms with E-state index in [-0.39, 0.29) is 24.4 Å². The quantitative estimate of drug-likeness (QED) is 0.666. The normalized spacial score (nSPS) is 20.9. The van der Waals surface area contributed by atoms with Crippen LogP contribution in [0.15, 0.2) is 6.07 Å². The number of piperazine rings is 1. The molecule has 1 unspecified atom stereocenters. The van der Waals surface area contributed by atoms with Crippen molar-refractivity contribution in [1.82, 2.24) is 20.2 Å². The number of carbonyl (C=O) groups excluding carboxylic acids is 2. The summed E-state index contributed by atoms with van der Waals surface area (Å²) >= 11 is 0. The minimum Gasteiger partial charge on any atom is -0.384 e. The average Bonchev–Trinajstić information content (AvgIpc) is 2.23. The summed E-state index contributed by atoms with van der Waals surface area (Å²) in [6.07, 6.45) is 0. The number of carbonyl (C=O) groups is 2. The predicted molar refractivity (Wildman–Crippen MR) is 64.2 cm³/mol. The van der Waals surface area contributed by atoms with Gasteiger partial charge in [0.25, 0.3) is 0 Å². The summed E-state index contributed by atoms with van der Waals surface area (Å²) in [4.78, 5) is 32.9. The zero-order valence-electron chi connectivity index (χ0n) is 10.3. The SMILES string of the molecule is Cc1cc(N)nc(CN2CC(=O)NC(=O)C2C)n1. The highest BCUT2D eigenvalue weighted by atomic mass is 16.2. The zero-order valence-corrected chi connectivity index (χ0v) is 10.3. The number of nitrogen functional groups attached to an aromatic ring is 1. The molecular weight excluding hydrogens is 234 g/mol. The van der Waals surface area contributed by atoms with E-state index in [1.807, 2.05) is 6.92 Å². The van der Waals surface area contributed by atoms with Crippen LogP contribution in [-0.4, -0.2) is 39.3 Å². The summed E-state index contributed by atoms with van der Waals surface area (Å²) in [5, 5.41) is 2.28. The molecule has 0 spiro atoms. The Labute approximate surface area is 104 Å². The van der Waals surface area contributed by atoms with E-state index in [9.17, 15) is 9.59 Å². The van der Waals surface area contributed by atoms with Crippen molar-refractivity contribution < 1.29 is 9.59 Å². The fraction of sp³-hybridized carbons (Fsp3) is 0.455. The van der Waals surface area contributed by atoms with Crippen LogP contribution in [0.3, 0.4) is 0 Å². The van der Waals surface area contributed by atoms with Gasteiger partial charge >= 0.3 is 0 Å². The highest BCUT2D eigenvalue weighted by molar-refractivity contribution is 6.00. The summed E-state index contributed by atoms with van der Waals surface area (Å²) in [6.45, 7) is 4.04. The molecule has 0 aliphatic carbocycles. The van der Waals surface area contributed by atoms with Crippen LogP contribution in [0.4, 0.5) is 5.82 Å². The smallest absolute Gasteiger partial charge is 0.243 e. The Morgan fingerprint density at radius 1 is 1.50 bits per heavy atom. The Kier molecular flexibility index (Phi) is 3.24. The van der Waals surface area contributed by atoms with Crippen molar-refractivity contribution in [2.45, 2.75) is 26.4 Å². The lowest BCUT2D eigenvalue weighted by atomic mass is 10.2. The van der Waals surface area contributed by atoms with Crippen molar-refractivity contribution in [3.05, 3.63) is 17.6 Å². The second-order valence-electron chi connectivity index (χ2n) is 4.34. The molecule has 1 aromatic heterocycles. The number of nitrogens with zero attached hydrogens (tertiary/aromatic N) is 3. The third kappa shape index (κ3) is 2.62. The lowest BCUT2D eigenvalue weighted by Crippen LogP contribution is -2.56. The van der Waals surface area contributed by atoms with Crippen LogP contribution >= 0.6 is 0 Å². The Morgan fingerprint density at radius 3 is 2.89 bits per heavy atom. The van der Waals surface area contributed by atoms with Gasteiger partial charge in [0.2, 0.25) is 11.8 Å². The van der Waals surface area contributed by atoms with Crippen LogP contribution in [0.5, 0.6) is 0 Å². The molecule has 1 aliphatic heterocycles. The highest BCUT2D eigenvalue weighted by Gasteiger charge is 2.30. The molecule has 0 aromatic carbocycles. The number of anilines is 1. The van der Waals surface area contributed by atoms with Gasteiger partial charge in [-0.3, -0.25) is 19.8 Å². The first-order valence-electron chi connectivity index (χ1n) is 5.63. The summed E-state index contributed by atoms with van der Waals surface area (Å²) < 4.78 is 0. The Bertz CT molecular complexity index is 482. The maximum absolute atomic E-state index is 11.5. The van der Waals surface area contributed by atoms with Crippen molar-refractivity contribution in [1.29, 1.82) is 0 Å². The van der Waals surface area contributed by atoms with Gasteiger partial charge in [-0.25, -0.2) is 9.97 Å². The van der Waals surface area contributed by atoms with Gasteiger partial charge in [0, 0.05) is 11.8 Å². The molecule has 2 rings (SSSR count). The van der Waals surface area contributed by atoms with E-state index in [0.717, 1.165) is 5.69 Å². The van der Waals surface area contributed by atoms with Crippen LogP contribution in [0, 0.1) is 6.92 Å². The molecule has 1 saturated heterocycles. The Hall–Kier alpha value is -2.02. The molecule has 96 valence electrons. The maximum Gasteiger partial charge on any atom is 0.243 e. The number of imide groups is 1. The second-order valence-corrected chi connectivity index (χ2v) is 4.34. The second kappa shape index (κ2) is 4.69. The first-order chi connectivity index (χ1) is 8.45. The molecule has 2 amide bonds. The van der Waals surface area contributed by atoms with Crippen LogP contribution in [0.2, 0.25) is 0 Å². The minimum atomic E-state index is -0.381. The molecule has 7 nitrogen and oxygen atoms in total. The number of aromatic nitrogens is 2. The third-order valence-electron chi connectivity index (χ3n) is 2.80. The number of hydrogen-bond acceptors (Lipinski definition) is 6. The fourth-order valence-electron chi connectivity index (χ4n) is 1.87. The van der Waals surface area contributed by atoms with E-state index in [4.69, 9.17) is 5.73 Å². The molecule has 2 heterocycles. The van der Waals surface area contributed by atoms with Crippen molar-refractivity contribution in [3.8, 4) is 0 Å². The summed E-state index contributed by atoms with van der Waals surface area (Å²) in [6, 6.07) is 1.29. The molecule has 7 heteroatoms. The first kappa shape index (κ1) is 12.4. The average molecular weight is 249 g/mol. The van der Waals surface area contributed by atoms with Crippen LogP contribution in [0.25, 0.3) is 0 Å². The van der Waals surface area contributed by atoms with Gasteiger partial charge in [0.1, 0.15) is 11.6 Å². The molecule has 0 radical (unpaired) electrons. The van der Waals surface area contributed by atoms with E-state index in [1.54, 1.807) is 17.9 Å². The highest BCUT2D eigenvalue weighted by Crippen LogP contribution is 2.10. The van der Waals surface area contributed by atoms with Gasteiger partial charge in [-0.15, -0.1) is 0 Å². The minimum absolute atomic E-state index is 0.157. The summed E-state index contributed by atoms with van der Waals surface area (Å²) in [5.41, 5.74) is 6.40. The van der Waals surface area contributed by atoms with E-state index in [0.29, 0.717) is 18.2 Å². The molecule has 1 aromatic rings. The molecule has 1 fully saturated rings. The summed E-state index contributed by atoms with van der Waals surface area (Å²) in [7, 11) is 0. The van der Waals surface area contributed by atoms with Gasteiger partial charge in [-0.05, 0) is 13.8 Å². The third-order valence-corrected chi connectivity index (χ3v) is 2.80. The molecule has 1 aliphatic rings. The zero-order chi connectivity index (χ0) is 13.3. The fourth-order valence-corrected chi connectivity index (χ4v) is 1.87. The van der Waals surface area contributed by atoms with Gasteiger partial charge in [0.15, 0.2) is 0 Å². The lowest BCUT2D eigenvalue weighted by molar-refractivity contribution is -0.139. The predicted octanol–water partition coefficient (Wildman–Crippen LogP) is -0.786. The maximum atomic E-state index is 11.5. The topological polar surface area (TPSA) is 101 Å². The molecule has 1 atom stereocenters. The van der Waals surface area contributed by atoms with E-state index >= 15 is 0 Å². The van der Waals surface area contributed by atoms with Crippen molar-refractivity contribution in [2.24, 2.45) is 0 Å². The number of hydrogen-bond donors (Lipinski definition) is 2. The number of nitrogens with two attached hydrogens (primary N) is 1. The van der Waals surface area contributed by atoms with Crippen molar-refractivity contribution in [2.75, 3.05) is 12.3 Å². The van der Waals surface area contributed by atoms with Gasteiger partial charge < -0.3 is 5.73 Å². The monoisotopic (exact) mass is 249 g/mol. The van der Waals surface area contributed by atoms with E-state index in [2.05, 4.69) is 15.3 Å². The number of aryl methyl sites for hydroxylation is 1. The number of rotatable bonds is 2. The van der Waals surface area contributed by atoms with Crippen molar-refractivity contribution in [3.63, 3.8) is 0 Å². The lowest BCUT2D eigenvalue weighted by Gasteiger charge is -2.30. The van der Waals surface area contributed by atoms with Crippen LogP contribution in [0.1, 0.15) is 18.4 Å². The Balaban J connectivity index is 2.17. The summed E-state index contributed by atoms with van der Waals surface area (Å²) in [5.74, 6) is 0.297. The van der Waals surface area contributed by atoms with Gasteiger partial charge in [-0.2, -0.15) is 0 Å². The molecule has 3 N–H and O–H groups in total. The van der Waals surface area contributed by atoms with Gasteiger partial charge in [-0.1, -0.05) is 0 Å². The van der Waals surface area contributed by atoms with Gasteiger partial charge in [0.05, 0.1) is 19.1 Å². The van der Waals surface area contributed by atoms with E-state index in [1.165, 1.54) is 0 Å². The van der Waals surface area contributed by atoms with E-state index < -0.39 is 0 Å². The number of amides is 2. The largest absolute Gasteiger partial charge is 0.384 e. The van der Waals surface area contributed by atoms with Crippen LogP contribution in [-0.2, 0) is 16.1 Å². The van der Waals surface area contributed by atoms with Crippen molar-refractivity contribution >= 4 is 17.6 Å². The molecular formula is C11H15N5O2. The molecule has 0 saturated carbocycles. The Morgan fingerprint density at radius 2 is 2.22 bits per heavy atom. The standard InChI is InChI=1S/C11H15N5O2/c1-6-3-8(12)14-9(13-6)4-16-5-10(17)15-11(18)7(16)2/h3,7H,4-5H2,1-2H3,(H2,12,13,14)(H,15,17,18). The molecule has 0 bridgehead atoms. The van der Waals surface area contributed by atoms with Crippen LogP contribution < -0.4 is 11.1 Å².